The summed E-state index contributed by atoms with van der Waals surface area (Å²) in [6, 6.07) is 5.11. The lowest BCUT2D eigenvalue weighted by Gasteiger charge is -2.10. The van der Waals surface area contributed by atoms with Crippen LogP contribution in [0.15, 0.2) is 36.0 Å². The SMILES string of the molecule is C=CCn1c(C)nnc1SCC(=O)NC(=O)Nc1ccc(C)cc1C. The lowest BCUT2D eigenvalue weighted by molar-refractivity contribution is -0.117. The van der Waals surface area contributed by atoms with E-state index < -0.39 is 11.9 Å². The Morgan fingerprint density at radius 2 is 2.04 bits per heavy atom. The maximum Gasteiger partial charge on any atom is 0.325 e. The van der Waals surface area contributed by atoms with Crippen molar-refractivity contribution >= 4 is 29.4 Å². The van der Waals surface area contributed by atoms with Gasteiger partial charge < -0.3 is 9.88 Å². The highest BCUT2D eigenvalue weighted by molar-refractivity contribution is 7.99. The first-order valence-electron chi connectivity index (χ1n) is 7.72. The van der Waals surface area contributed by atoms with Gasteiger partial charge in [0.1, 0.15) is 5.82 Å². The molecule has 25 heavy (non-hydrogen) atoms. The normalized spacial score (nSPS) is 10.4. The Bertz CT molecular complexity index is 800. The summed E-state index contributed by atoms with van der Waals surface area (Å²) >= 11 is 1.22. The molecule has 7 nitrogen and oxygen atoms in total. The third-order valence-corrected chi connectivity index (χ3v) is 4.40. The van der Waals surface area contributed by atoms with Gasteiger partial charge in [-0.25, -0.2) is 4.79 Å². The third kappa shape index (κ3) is 5.18. The van der Waals surface area contributed by atoms with Crippen molar-refractivity contribution in [3.05, 3.63) is 47.8 Å². The number of allylic oxidation sites excluding steroid dienone is 1. The van der Waals surface area contributed by atoms with Crippen LogP contribution >= 0.6 is 11.8 Å². The van der Waals surface area contributed by atoms with Gasteiger partial charge in [0.2, 0.25) is 5.91 Å². The molecule has 1 aromatic carbocycles. The van der Waals surface area contributed by atoms with Gasteiger partial charge in [0, 0.05) is 12.2 Å². The second kappa shape index (κ2) is 8.48. The molecule has 8 heteroatoms. The molecule has 132 valence electrons. The van der Waals surface area contributed by atoms with E-state index in [0.29, 0.717) is 17.4 Å². The average molecular weight is 359 g/mol. The molecule has 0 unspecified atom stereocenters. The Balaban J connectivity index is 1.87. The van der Waals surface area contributed by atoms with Crippen LogP contribution in [0, 0.1) is 20.8 Å². The van der Waals surface area contributed by atoms with Crippen molar-refractivity contribution in [1.82, 2.24) is 20.1 Å². The Morgan fingerprint density at radius 3 is 2.72 bits per heavy atom. The molecule has 0 aliphatic rings. The maximum atomic E-state index is 12.0. The molecule has 3 amide bonds. The highest BCUT2D eigenvalue weighted by Crippen LogP contribution is 2.17. The molecule has 2 aromatic rings. The van der Waals surface area contributed by atoms with Crippen LogP contribution < -0.4 is 10.6 Å². The summed E-state index contributed by atoms with van der Waals surface area (Å²) in [6.07, 6.45) is 1.73. The van der Waals surface area contributed by atoms with Gasteiger partial charge >= 0.3 is 6.03 Å². The number of thioether (sulfide) groups is 1. The number of imide groups is 1. The van der Waals surface area contributed by atoms with Crippen LogP contribution in [-0.2, 0) is 11.3 Å². The van der Waals surface area contributed by atoms with Crippen LogP contribution in [0.2, 0.25) is 0 Å². The summed E-state index contributed by atoms with van der Waals surface area (Å²) in [5.41, 5.74) is 2.71. The van der Waals surface area contributed by atoms with Crippen molar-refractivity contribution in [3.8, 4) is 0 Å². The number of rotatable bonds is 6. The minimum atomic E-state index is -0.554. The minimum Gasteiger partial charge on any atom is -0.307 e. The number of urea groups is 1. The van der Waals surface area contributed by atoms with Crippen molar-refractivity contribution in [2.24, 2.45) is 0 Å². The number of aryl methyl sites for hydroxylation is 3. The second-order valence-corrected chi connectivity index (χ2v) is 6.48. The van der Waals surface area contributed by atoms with Gasteiger partial charge in [0.15, 0.2) is 5.16 Å². The van der Waals surface area contributed by atoms with Crippen LogP contribution in [0.3, 0.4) is 0 Å². The van der Waals surface area contributed by atoms with Crippen molar-refractivity contribution in [2.45, 2.75) is 32.5 Å². The fourth-order valence-electron chi connectivity index (χ4n) is 2.21. The Kier molecular flexibility index (Phi) is 6.35. The van der Waals surface area contributed by atoms with E-state index >= 15 is 0 Å². The molecule has 0 bridgehead atoms. The predicted molar refractivity (Wildman–Crippen MR) is 98.8 cm³/mol. The molecule has 1 aromatic heterocycles. The third-order valence-electron chi connectivity index (χ3n) is 3.43. The monoisotopic (exact) mass is 359 g/mol. The van der Waals surface area contributed by atoms with Crippen molar-refractivity contribution < 1.29 is 9.59 Å². The van der Waals surface area contributed by atoms with E-state index in [2.05, 4.69) is 27.4 Å². The van der Waals surface area contributed by atoms with Crippen LogP contribution in [0.25, 0.3) is 0 Å². The molecule has 1 heterocycles. The Labute approximate surface area is 150 Å². The predicted octanol–water partition coefficient (Wildman–Crippen LogP) is 2.83. The average Bonchev–Trinajstić information content (AvgIpc) is 2.89. The van der Waals surface area contributed by atoms with Gasteiger partial charge in [-0.15, -0.1) is 16.8 Å². The number of hydrogen-bond acceptors (Lipinski definition) is 5. The second-order valence-electron chi connectivity index (χ2n) is 5.54. The smallest absolute Gasteiger partial charge is 0.307 e. The number of carbonyl (C=O) groups excluding carboxylic acids is 2. The number of nitrogens with zero attached hydrogens (tertiary/aromatic N) is 3. The van der Waals surface area contributed by atoms with E-state index in [1.54, 1.807) is 6.08 Å². The van der Waals surface area contributed by atoms with Crippen molar-refractivity contribution in [2.75, 3.05) is 11.1 Å². The molecule has 2 rings (SSSR count). The molecule has 0 aliphatic carbocycles. The summed E-state index contributed by atoms with van der Waals surface area (Å²) in [6.45, 7) is 9.96. The van der Waals surface area contributed by atoms with Gasteiger partial charge in [-0.2, -0.15) is 0 Å². The first kappa shape index (κ1) is 18.7. The van der Waals surface area contributed by atoms with Gasteiger partial charge in [-0.1, -0.05) is 35.5 Å². The molecular formula is C17H21N5O2S. The standard InChI is InChI=1S/C17H21N5O2S/c1-5-8-22-13(4)20-21-17(22)25-10-15(23)19-16(24)18-14-7-6-11(2)9-12(14)3/h5-7,9H,1,8,10H2,2-4H3,(H2,18,19,23,24). The fourth-order valence-corrected chi connectivity index (χ4v) is 3.00. The van der Waals surface area contributed by atoms with E-state index in [1.807, 2.05) is 43.5 Å². The number of nitrogens with one attached hydrogen (secondary N) is 2. The summed E-state index contributed by atoms with van der Waals surface area (Å²) < 4.78 is 1.85. The molecule has 2 N–H and O–H groups in total. The molecule has 0 saturated carbocycles. The molecule has 0 radical (unpaired) electrons. The summed E-state index contributed by atoms with van der Waals surface area (Å²) in [4.78, 5) is 23.9. The maximum absolute atomic E-state index is 12.0. The highest BCUT2D eigenvalue weighted by atomic mass is 32.2. The molecule has 0 fully saturated rings. The molecule has 0 aliphatic heterocycles. The van der Waals surface area contributed by atoms with E-state index in [1.165, 1.54) is 11.8 Å². The zero-order chi connectivity index (χ0) is 18.4. The Morgan fingerprint density at radius 1 is 1.28 bits per heavy atom. The summed E-state index contributed by atoms with van der Waals surface area (Å²) in [5.74, 6) is 0.406. The number of hydrogen-bond donors (Lipinski definition) is 2. The zero-order valence-corrected chi connectivity index (χ0v) is 15.3. The first-order chi connectivity index (χ1) is 11.9. The molecular weight excluding hydrogens is 338 g/mol. The lowest BCUT2D eigenvalue weighted by Crippen LogP contribution is -2.35. The molecule has 0 spiro atoms. The minimum absolute atomic E-state index is 0.0651. The number of aromatic nitrogens is 3. The zero-order valence-electron chi connectivity index (χ0n) is 14.5. The molecule has 0 saturated heterocycles. The van der Waals surface area contributed by atoms with Crippen LogP contribution in [0.5, 0.6) is 0 Å². The van der Waals surface area contributed by atoms with E-state index in [0.717, 1.165) is 17.0 Å². The quantitative estimate of drug-likeness (QED) is 0.611. The van der Waals surface area contributed by atoms with Crippen LogP contribution in [0.4, 0.5) is 10.5 Å². The van der Waals surface area contributed by atoms with Gasteiger partial charge in [-0.3, -0.25) is 10.1 Å². The number of benzene rings is 1. The van der Waals surface area contributed by atoms with E-state index in [4.69, 9.17) is 0 Å². The fraction of sp³-hybridized carbons (Fsp3) is 0.294. The summed E-state index contributed by atoms with van der Waals surface area (Å²) in [7, 11) is 0. The Hall–Kier alpha value is -2.61. The molecule has 0 atom stereocenters. The highest BCUT2D eigenvalue weighted by Gasteiger charge is 2.13. The van der Waals surface area contributed by atoms with Gasteiger partial charge in [0.25, 0.3) is 0 Å². The lowest BCUT2D eigenvalue weighted by atomic mass is 10.1. The van der Waals surface area contributed by atoms with Crippen molar-refractivity contribution in [3.63, 3.8) is 0 Å². The number of carbonyl (C=O) groups is 2. The first-order valence-corrected chi connectivity index (χ1v) is 8.71. The topological polar surface area (TPSA) is 88.9 Å². The number of anilines is 1. The van der Waals surface area contributed by atoms with E-state index in [-0.39, 0.29) is 5.75 Å². The van der Waals surface area contributed by atoms with Crippen LogP contribution in [-0.4, -0.2) is 32.5 Å². The van der Waals surface area contributed by atoms with Crippen molar-refractivity contribution in [1.29, 1.82) is 0 Å². The van der Waals surface area contributed by atoms with Gasteiger partial charge in [-0.05, 0) is 32.4 Å². The number of amides is 3. The van der Waals surface area contributed by atoms with Crippen LogP contribution in [0.1, 0.15) is 17.0 Å². The largest absolute Gasteiger partial charge is 0.325 e. The van der Waals surface area contributed by atoms with E-state index in [9.17, 15) is 9.59 Å². The summed E-state index contributed by atoms with van der Waals surface area (Å²) in [5, 5.41) is 13.6. The van der Waals surface area contributed by atoms with Gasteiger partial charge in [0.05, 0.1) is 5.75 Å².